The molecule has 20 heavy (non-hydrogen) atoms. The van der Waals surface area contributed by atoms with Gasteiger partial charge in [-0.15, -0.1) is 0 Å². The lowest BCUT2D eigenvalue weighted by molar-refractivity contribution is -0.384. The molecule has 0 saturated carbocycles. The lowest BCUT2D eigenvalue weighted by Crippen LogP contribution is -2.37. The normalized spacial score (nSPS) is 26.1. The highest BCUT2D eigenvalue weighted by Gasteiger charge is 2.26. The Labute approximate surface area is 118 Å². The highest BCUT2D eigenvalue weighted by atomic mass is 16.6. The Morgan fingerprint density at radius 2 is 2.00 bits per heavy atom. The van der Waals surface area contributed by atoms with Crippen molar-refractivity contribution in [1.82, 2.24) is 0 Å². The monoisotopic (exact) mass is 280 g/mol. The Bertz CT molecular complexity index is 482. The van der Waals surface area contributed by atoms with E-state index >= 15 is 0 Å². The summed E-state index contributed by atoms with van der Waals surface area (Å²) in [5, 5.41) is 14.4. The quantitative estimate of drug-likeness (QED) is 0.678. The molecule has 1 fully saturated rings. The van der Waals surface area contributed by atoms with Gasteiger partial charge in [-0.25, -0.2) is 0 Å². The van der Waals surface area contributed by atoms with Gasteiger partial charge in [-0.1, -0.05) is 0 Å². The molecule has 6 nitrogen and oxygen atoms in total. The van der Waals surface area contributed by atoms with Crippen molar-refractivity contribution in [3.8, 4) is 5.75 Å². The Morgan fingerprint density at radius 3 is 2.55 bits per heavy atom. The van der Waals surface area contributed by atoms with Crippen LogP contribution in [-0.4, -0.2) is 30.3 Å². The highest BCUT2D eigenvalue weighted by Crippen LogP contribution is 2.31. The van der Waals surface area contributed by atoms with Crippen LogP contribution in [0.2, 0.25) is 0 Å². The Morgan fingerprint density at radius 1 is 1.35 bits per heavy atom. The van der Waals surface area contributed by atoms with Crippen LogP contribution in [0, 0.1) is 10.1 Å². The molecule has 2 unspecified atom stereocenters. The third kappa shape index (κ3) is 3.39. The van der Waals surface area contributed by atoms with Gasteiger partial charge in [0, 0.05) is 6.04 Å². The fourth-order valence-electron chi connectivity index (χ4n) is 2.65. The number of hydrogen-bond donors (Lipinski definition) is 1. The molecule has 1 heterocycles. The van der Waals surface area contributed by atoms with Crippen LogP contribution in [0.15, 0.2) is 18.2 Å². The number of methoxy groups -OCH3 is 1. The van der Waals surface area contributed by atoms with E-state index in [2.05, 4.69) is 5.32 Å². The van der Waals surface area contributed by atoms with Gasteiger partial charge >= 0.3 is 0 Å². The van der Waals surface area contributed by atoms with Gasteiger partial charge in [0.05, 0.1) is 30.3 Å². The molecule has 1 aliphatic rings. The van der Waals surface area contributed by atoms with E-state index in [0.717, 1.165) is 12.8 Å². The summed E-state index contributed by atoms with van der Waals surface area (Å²) in [5.41, 5.74) is 0.568. The summed E-state index contributed by atoms with van der Waals surface area (Å²) < 4.78 is 10.7. The van der Waals surface area contributed by atoms with Crippen LogP contribution in [0.25, 0.3) is 0 Å². The van der Waals surface area contributed by atoms with Crippen molar-refractivity contribution < 1.29 is 14.4 Å². The average molecular weight is 280 g/mol. The molecule has 1 aliphatic heterocycles. The van der Waals surface area contributed by atoms with Crippen molar-refractivity contribution in [3.63, 3.8) is 0 Å². The zero-order chi connectivity index (χ0) is 14.7. The molecular formula is C14H20N2O4. The van der Waals surface area contributed by atoms with Gasteiger partial charge in [0.15, 0.2) is 0 Å². The Hall–Kier alpha value is -1.82. The van der Waals surface area contributed by atoms with Crippen molar-refractivity contribution in [2.75, 3.05) is 12.4 Å². The number of nitrogens with zero attached hydrogens (tertiary/aromatic N) is 1. The van der Waals surface area contributed by atoms with Crippen molar-refractivity contribution in [1.29, 1.82) is 0 Å². The van der Waals surface area contributed by atoms with E-state index in [1.54, 1.807) is 12.1 Å². The molecule has 1 aromatic carbocycles. The number of nitro groups is 1. The molecule has 0 aliphatic carbocycles. The van der Waals surface area contributed by atoms with Gasteiger partial charge in [0.25, 0.3) is 5.69 Å². The summed E-state index contributed by atoms with van der Waals surface area (Å²) >= 11 is 0. The van der Waals surface area contributed by atoms with E-state index in [9.17, 15) is 10.1 Å². The van der Waals surface area contributed by atoms with Gasteiger partial charge in [0.2, 0.25) is 0 Å². The minimum Gasteiger partial charge on any atom is -0.496 e. The third-order valence-corrected chi connectivity index (χ3v) is 3.46. The zero-order valence-electron chi connectivity index (χ0n) is 12.0. The van der Waals surface area contributed by atoms with Crippen molar-refractivity contribution in [3.05, 3.63) is 28.3 Å². The first kappa shape index (κ1) is 14.6. The minimum atomic E-state index is -0.392. The Balaban J connectivity index is 2.18. The maximum absolute atomic E-state index is 11.1. The predicted molar refractivity (Wildman–Crippen MR) is 76.3 cm³/mol. The molecule has 6 heteroatoms. The van der Waals surface area contributed by atoms with Crippen LogP contribution in [0.5, 0.6) is 5.75 Å². The fourth-order valence-corrected chi connectivity index (χ4v) is 2.65. The largest absolute Gasteiger partial charge is 0.496 e. The molecule has 1 N–H and O–H groups in total. The zero-order valence-corrected chi connectivity index (χ0v) is 12.0. The van der Waals surface area contributed by atoms with Crippen molar-refractivity contribution in [2.45, 2.75) is 44.9 Å². The molecule has 0 aromatic heterocycles. The van der Waals surface area contributed by atoms with E-state index in [1.807, 2.05) is 13.8 Å². The molecule has 1 saturated heterocycles. The van der Waals surface area contributed by atoms with Crippen molar-refractivity contribution >= 4 is 11.4 Å². The molecular weight excluding hydrogens is 260 g/mol. The Kier molecular flexibility index (Phi) is 4.44. The third-order valence-electron chi connectivity index (χ3n) is 3.46. The van der Waals surface area contributed by atoms with E-state index in [1.165, 1.54) is 13.2 Å². The van der Waals surface area contributed by atoms with Gasteiger partial charge < -0.3 is 14.8 Å². The lowest BCUT2D eigenvalue weighted by atomic mass is 9.99. The van der Waals surface area contributed by atoms with Crippen LogP contribution < -0.4 is 10.1 Å². The molecule has 110 valence electrons. The van der Waals surface area contributed by atoms with Gasteiger partial charge in [0.1, 0.15) is 11.4 Å². The van der Waals surface area contributed by atoms with Gasteiger partial charge in [-0.3, -0.25) is 10.1 Å². The van der Waals surface area contributed by atoms with E-state index in [-0.39, 0.29) is 23.9 Å². The summed E-state index contributed by atoms with van der Waals surface area (Å²) in [6.45, 7) is 4.04. The topological polar surface area (TPSA) is 73.6 Å². The summed E-state index contributed by atoms with van der Waals surface area (Å²) in [6, 6.07) is 5.04. The van der Waals surface area contributed by atoms with E-state index < -0.39 is 4.92 Å². The average Bonchev–Trinajstić information content (AvgIpc) is 2.37. The SMILES string of the molecule is COc1ccc(NC2CC(C)OC(C)C2)c([N+](=O)[O-])c1. The van der Waals surface area contributed by atoms with Crippen LogP contribution >= 0.6 is 0 Å². The number of hydrogen-bond acceptors (Lipinski definition) is 5. The number of nitro benzene ring substituents is 1. The second-order valence-corrected chi connectivity index (χ2v) is 5.21. The molecule has 0 spiro atoms. The van der Waals surface area contributed by atoms with Crippen LogP contribution in [0.3, 0.4) is 0 Å². The van der Waals surface area contributed by atoms with E-state index in [0.29, 0.717) is 11.4 Å². The number of ether oxygens (including phenoxy) is 2. The number of anilines is 1. The second kappa shape index (κ2) is 6.09. The number of nitrogens with one attached hydrogen (secondary N) is 1. The van der Waals surface area contributed by atoms with E-state index in [4.69, 9.17) is 9.47 Å². The van der Waals surface area contributed by atoms with Crippen LogP contribution in [0.4, 0.5) is 11.4 Å². The maximum atomic E-state index is 11.1. The smallest absolute Gasteiger partial charge is 0.296 e. The number of rotatable bonds is 4. The molecule has 0 radical (unpaired) electrons. The maximum Gasteiger partial charge on any atom is 0.296 e. The highest BCUT2D eigenvalue weighted by molar-refractivity contribution is 5.64. The first-order chi connectivity index (χ1) is 9.49. The molecule has 2 rings (SSSR count). The summed E-state index contributed by atoms with van der Waals surface area (Å²) in [5.74, 6) is 0.482. The lowest BCUT2D eigenvalue weighted by Gasteiger charge is -2.33. The molecule has 1 aromatic rings. The molecule has 0 bridgehead atoms. The summed E-state index contributed by atoms with van der Waals surface area (Å²) in [4.78, 5) is 10.8. The van der Waals surface area contributed by atoms with Crippen LogP contribution in [0.1, 0.15) is 26.7 Å². The molecule has 0 amide bonds. The molecule has 2 atom stereocenters. The number of benzene rings is 1. The summed E-state index contributed by atoms with van der Waals surface area (Å²) in [7, 11) is 1.49. The first-order valence-electron chi connectivity index (χ1n) is 6.74. The van der Waals surface area contributed by atoms with Gasteiger partial charge in [-0.2, -0.15) is 0 Å². The summed E-state index contributed by atoms with van der Waals surface area (Å²) in [6.07, 6.45) is 2.00. The second-order valence-electron chi connectivity index (χ2n) is 5.21. The van der Waals surface area contributed by atoms with Crippen molar-refractivity contribution in [2.24, 2.45) is 0 Å². The van der Waals surface area contributed by atoms with Crippen LogP contribution in [-0.2, 0) is 4.74 Å². The minimum absolute atomic E-state index is 0.0381. The first-order valence-corrected chi connectivity index (χ1v) is 6.74. The fraction of sp³-hybridized carbons (Fsp3) is 0.571. The standard InChI is InChI=1S/C14H20N2O4/c1-9-6-11(7-10(2)20-9)15-13-5-4-12(19-3)8-14(13)16(17)18/h4-5,8-11,15H,6-7H2,1-3H3. The van der Waals surface area contributed by atoms with Gasteiger partial charge in [-0.05, 0) is 38.8 Å². The predicted octanol–water partition coefficient (Wildman–Crippen LogP) is 2.97.